The zero-order valence-electron chi connectivity index (χ0n) is 23.6. The summed E-state index contributed by atoms with van der Waals surface area (Å²) in [5, 5.41) is 14.7. The van der Waals surface area contributed by atoms with Crippen molar-refractivity contribution in [3.8, 4) is 0 Å². The van der Waals surface area contributed by atoms with Crippen molar-refractivity contribution in [2.75, 3.05) is 44.6 Å². The molecule has 1 saturated heterocycles. The molecule has 2 spiro atoms. The summed E-state index contributed by atoms with van der Waals surface area (Å²) in [6.07, 6.45) is 8.85. The number of aliphatic hydroxyl groups excluding tert-OH is 1. The predicted molar refractivity (Wildman–Crippen MR) is 153 cm³/mol. The quantitative estimate of drug-likeness (QED) is 0.582. The molecule has 0 bridgehead atoms. The van der Waals surface area contributed by atoms with E-state index in [0.717, 1.165) is 88.1 Å². The van der Waals surface area contributed by atoms with Crippen molar-refractivity contribution >= 4 is 17.6 Å². The van der Waals surface area contributed by atoms with E-state index in [4.69, 9.17) is 4.98 Å². The van der Waals surface area contributed by atoms with Crippen LogP contribution in [-0.4, -0.2) is 88.0 Å². The Kier molecular flexibility index (Phi) is 6.39. The van der Waals surface area contributed by atoms with Crippen LogP contribution >= 0.6 is 0 Å². The van der Waals surface area contributed by atoms with Crippen LogP contribution in [0.25, 0.3) is 0 Å². The largest absolute Gasteiger partial charge is 0.390 e. The van der Waals surface area contributed by atoms with E-state index >= 15 is 0 Å². The highest BCUT2D eigenvalue weighted by Crippen LogP contribution is 2.52. The minimum absolute atomic E-state index is 0.00257. The van der Waals surface area contributed by atoms with Crippen LogP contribution in [0, 0.1) is 5.41 Å². The third-order valence-electron chi connectivity index (χ3n) is 10.3. The Bertz CT molecular complexity index is 1310. The molecule has 1 aromatic heterocycles. The second-order valence-electron chi connectivity index (χ2n) is 13.3. The molecule has 8 heteroatoms. The zero-order valence-corrected chi connectivity index (χ0v) is 23.6. The lowest BCUT2D eigenvalue weighted by Crippen LogP contribution is -2.59. The van der Waals surface area contributed by atoms with Gasteiger partial charge in [-0.15, -0.1) is 0 Å². The summed E-state index contributed by atoms with van der Waals surface area (Å²) in [6, 6.07) is 10.8. The van der Waals surface area contributed by atoms with E-state index in [9.17, 15) is 14.7 Å². The fraction of sp³-hybridized carbons (Fsp3) is 0.594. The zero-order chi connectivity index (χ0) is 27.5. The third kappa shape index (κ3) is 4.79. The van der Waals surface area contributed by atoms with Gasteiger partial charge in [0, 0.05) is 81.4 Å². The average molecular weight is 544 g/mol. The first-order valence-electron chi connectivity index (χ1n) is 15.1. The van der Waals surface area contributed by atoms with Crippen molar-refractivity contribution in [2.24, 2.45) is 5.41 Å². The maximum atomic E-state index is 13.7. The van der Waals surface area contributed by atoms with E-state index in [1.807, 2.05) is 22.1 Å². The molecule has 0 unspecified atom stereocenters. The van der Waals surface area contributed by atoms with Gasteiger partial charge < -0.3 is 20.2 Å². The molecule has 2 saturated carbocycles. The highest BCUT2D eigenvalue weighted by atomic mass is 16.3. The fourth-order valence-corrected chi connectivity index (χ4v) is 7.76. The van der Waals surface area contributed by atoms with Crippen molar-refractivity contribution in [1.82, 2.24) is 19.7 Å². The number of β-amino-alcohol motifs (C(OH)–C–C–N with tert-alkyl or cyclic N) is 1. The van der Waals surface area contributed by atoms with Crippen LogP contribution in [0.5, 0.6) is 0 Å². The number of likely N-dealkylation sites (tertiary alicyclic amines) is 1. The van der Waals surface area contributed by atoms with Crippen LogP contribution in [0.1, 0.15) is 72.5 Å². The van der Waals surface area contributed by atoms with Crippen LogP contribution in [0.4, 0.5) is 5.82 Å². The maximum Gasteiger partial charge on any atom is 0.254 e. The first-order chi connectivity index (χ1) is 19.3. The first-order valence-corrected chi connectivity index (χ1v) is 15.1. The summed E-state index contributed by atoms with van der Waals surface area (Å²) >= 11 is 0. The molecule has 1 atom stereocenters. The average Bonchev–Trinajstić information content (AvgIpc) is 3.70. The highest BCUT2D eigenvalue weighted by Gasteiger charge is 2.52. The lowest BCUT2D eigenvalue weighted by atomic mass is 9.67. The highest BCUT2D eigenvalue weighted by molar-refractivity contribution is 5.98. The molecule has 1 aromatic carbocycles. The predicted octanol–water partition coefficient (Wildman–Crippen LogP) is 3.19. The van der Waals surface area contributed by atoms with Crippen molar-refractivity contribution in [3.63, 3.8) is 0 Å². The molecule has 212 valence electrons. The van der Waals surface area contributed by atoms with Crippen molar-refractivity contribution < 1.29 is 14.7 Å². The third-order valence-corrected chi connectivity index (χ3v) is 10.3. The van der Waals surface area contributed by atoms with Gasteiger partial charge in [0.05, 0.1) is 6.10 Å². The lowest BCUT2D eigenvalue weighted by molar-refractivity contribution is -0.143. The Labute approximate surface area is 236 Å². The standard InChI is InChI=1S/C32H41N5O3/c1-22(38)37-19-31(20-37)9-6-25(7-10-31)34-29-14-27-28(15-33-29)32(11-12-32)21-36(30(27)40)18-26(39)17-35-13-8-23-4-2-3-5-24(23)16-35/h2-5,14-15,25-26,39H,6-13,16-21H2,1H3,(H,33,34)/t26-/m1/s1. The summed E-state index contributed by atoms with van der Waals surface area (Å²) in [5.41, 5.74) is 4.89. The molecule has 7 rings (SSSR count). The topological polar surface area (TPSA) is 89.0 Å². The summed E-state index contributed by atoms with van der Waals surface area (Å²) < 4.78 is 0. The van der Waals surface area contributed by atoms with E-state index < -0.39 is 6.10 Å². The lowest BCUT2D eigenvalue weighted by Gasteiger charge is -2.53. The van der Waals surface area contributed by atoms with Crippen LogP contribution in [0.15, 0.2) is 36.5 Å². The molecule has 4 heterocycles. The number of rotatable bonds is 6. The molecular weight excluding hydrogens is 502 g/mol. The Morgan fingerprint density at radius 1 is 1.10 bits per heavy atom. The number of pyridine rings is 1. The number of fused-ring (bicyclic) bond motifs is 3. The second kappa shape index (κ2) is 9.84. The molecular formula is C32H41N5O3. The molecule has 2 N–H and O–H groups in total. The smallest absolute Gasteiger partial charge is 0.254 e. The minimum Gasteiger partial charge on any atom is -0.390 e. The number of hydrogen-bond donors (Lipinski definition) is 2. The molecule has 2 aromatic rings. The van der Waals surface area contributed by atoms with E-state index in [0.29, 0.717) is 31.1 Å². The Hall–Kier alpha value is -2.97. The van der Waals surface area contributed by atoms with Crippen molar-refractivity contribution in [2.45, 2.75) is 76.0 Å². The summed E-state index contributed by atoms with van der Waals surface area (Å²) in [7, 11) is 0. The van der Waals surface area contributed by atoms with Gasteiger partial charge in [0.1, 0.15) is 5.82 Å². The Morgan fingerprint density at radius 2 is 1.85 bits per heavy atom. The number of aromatic nitrogens is 1. The SMILES string of the molecule is CC(=O)N1CC2(CCC(Nc3cc4c(cn3)C3(CC3)CN(C[C@H](O)CN3CCc5ccccc5C3)C4=O)CC2)C1. The van der Waals surface area contributed by atoms with Gasteiger partial charge in [0.15, 0.2) is 0 Å². The van der Waals surface area contributed by atoms with Crippen LogP contribution in [0.3, 0.4) is 0 Å². The number of anilines is 1. The Balaban J connectivity index is 0.982. The van der Waals surface area contributed by atoms with Gasteiger partial charge in [-0.05, 0) is 67.7 Å². The second-order valence-corrected chi connectivity index (χ2v) is 13.3. The Morgan fingerprint density at radius 3 is 2.58 bits per heavy atom. The van der Waals surface area contributed by atoms with E-state index in [2.05, 4.69) is 34.5 Å². The van der Waals surface area contributed by atoms with E-state index in [1.54, 1.807) is 6.92 Å². The van der Waals surface area contributed by atoms with Crippen LogP contribution in [-0.2, 0) is 23.2 Å². The van der Waals surface area contributed by atoms with E-state index in [-0.39, 0.29) is 17.2 Å². The van der Waals surface area contributed by atoms with Gasteiger partial charge in [0.25, 0.3) is 5.91 Å². The summed E-state index contributed by atoms with van der Waals surface area (Å²) in [5.74, 6) is 0.973. The number of hydrogen-bond acceptors (Lipinski definition) is 6. The van der Waals surface area contributed by atoms with Gasteiger partial charge in [-0.3, -0.25) is 14.5 Å². The molecule has 3 aliphatic heterocycles. The molecule has 2 amide bonds. The number of aliphatic hydroxyl groups is 1. The number of amides is 2. The number of benzene rings is 1. The molecule has 2 aliphatic carbocycles. The number of carbonyl (C=O) groups excluding carboxylic acids is 2. The maximum absolute atomic E-state index is 13.7. The summed E-state index contributed by atoms with van der Waals surface area (Å²) in [4.78, 5) is 36.2. The van der Waals surface area contributed by atoms with Crippen molar-refractivity contribution in [1.29, 1.82) is 0 Å². The fourth-order valence-electron chi connectivity index (χ4n) is 7.76. The van der Waals surface area contributed by atoms with Gasteiger partial charge in [-0.2, -0.15) is 0 Å². The van der Waals surface area contributed by atoms with Crippen LogP contribution < -0.4 is 5.32 Å². The van der Waals surface area contributed by atoms with Gasteiger partial charge >= 0.3 is 0 Å². The molecule has 3 fully saturated rings. The minimum atomic E-state index is -0.578. The molecule has 40 heavy (non-hydrogen) atoms. The molecule has 8 nitrogen and oxygen atoms in total. The number of nitrogens with zero attached hydrogens (tertiary/aromatic N) is 4. The monoisotopic (exact) mass is 543 g/mol. The summed E-state index contributed by atoms with van der Waals surface area (Å²) in [6.45, 7) is 6.86. The first kappa shape index (κ1) is 26.0. The van der Waals surface area contributed by atoms with Crippen LogP contribution in [0.2, 0.25) is 0 Å². The molecule has 5 aliphatic rings. The molecule has 0 radical (unpaired) electrons. The van der Waals surface area contributed by atoms with Crippen molar-refractivity contribution in [3.05, 3.63) is 58.8 Å². The van der Waals surface area contributed by atoms with Gasteiger partial charge in [0.2, 0.25) is 5.91 Å². The normalized spacial score (nSPS) is 23.9. The number of carbonyl (C=O) groups is 2. The van der Waals surface area contributed by atoms with Gasteiger partial charge in [-0.1, -0.05) is 24.3 Å². The van der Waals surface area contributed by atoms with Gasteiger partial charge in [-0.25, -0.2) is 4.98 Å². The number of nitrogens with one attached hydrogen (secondary N) is 1. The van der Waals surface area contributed by atoms with E-state index in [1.165, 1.54) is 11.1 Å².